The first-order chi connectivity index (χ1) is 6.84. The molecule has 1 aliphatic heterocycles. The molecule has 76 valence electrons. The fourth-order valence-electron chi connectivity index (χ4n) is 1.39. The molecule has 3 nitrogen and oxygen atoms in total. The zero-order valence-corrected chi connectivity index (χ0v) is 8.77. The van der Waals surface area contributed by atoms with Crippen molar-refractivity contribution in [2.75, 3.05) is 19.6 Å². The Morgan fingerprint density at radius 2 is 2.50 bits per heavy atom. The number of nitrogens with one attached hydrogen (secondary N) is 2. The van der Waals surface area contributed by atoms with E-state index in [2.05, 4.69) is 10.6 Å². The molecule has 1 amide bonds. The molecule has 0 atom stereocenters. The number of thiophene rings is 1. The molecule has 14 heavy (non-hydrogen) atoms. The van der Waals surface area contributed by atoms with Gasteiger partial charge in [-0.3, -0.25) is 4.79 Å². The van der Waals surface area contributed by atoms with Crippen LogP contribution in [0.15, 0.2) is 16.8 Å². The Kier molecular flexibility index (Phi) is 3.16. The highest BCUT2D eigenvalue weighted by Crippen LogP contribution is 2.06. The minimum Gasteiger partial charge on any atom is -0.355 e. The first kappa shape index (κ1) is 9.68. The van der Waals surface area contributed by atoms with Crippen molar-refractivity contribution < 1.29 is 4.79 Å². The van der Waals surface area contributed by atoms with Crippen molar-refractivity contribution in [3.8, 4) is 0 Å². The van der Waals surface area contributed by atoms with Gasteiger partial charge >= 0.3 is 0 Å². The van der Waals surface area contributed by atoms with Crippen LogP contribution in [0.4, 0.5) is 0 Å². The normalized spacial score (nSPS) is 16.3. The highest BCUT2D eigenvalue weighted by atomic mass is 32.1. The third-order valence-corrected chi connectivity index (χ3v) is 3.13. The Labute approximate surface area is 87.5 Å². The Morgan fingerprint density at radius 3 is 3.07 bits per heavy atom. The van der Waals surface area contributed by atoms with E-state index in [1.54, 1.807) is 11.3 Å². The zero-order valence-electron chi connectivity index (χ0n) is 7.95. The van der Waals surface area contributed by atoms with Gasteiger partial charge in [-0.05, 0) is 22.4 Å². The summed E-state index contributed by atoms with van der Waals surface area (Å²) >= 11 is 1.63. The molecule has 1 aromatic rings. The molecule has 1 aliphatic rings. The second-order valence-electron chi connectivity index (χ2n) is 3.64. The van der Waals surface area contributed by atoms with Gasteiger partial charge in [0.25, 0.3) is 0 Å². The molecule has 1 fully saturated rings. The van der Waals surface area contributed by atoms with E-state index < -0.39 is 0 Å². The predicted octanol–water partition coefficient (Wildman–Crippen LogP) is 0.626. The minimum absolute atomic E-state index is 0.135. The molecule has 0 aliphatic carbocycles. The number of rotatable bonds is 4. The lowest BCUT2D eigenvalue weighted by molar-refractivity contribution is -0.120. The van der Waals surface area contributed by atoms with Gasteiger partial charge in [0.15, 0.2) is 0 Å². The van der Waals surface area contributed by atoms with Gasteiger partial charge in [-0.1, -0.05) is 0 Å². The van der Waals surface area contributed by atoms with E-state index >= 15 is 0 Å². The lowest BCUT2D eigenvalue weighted by Gasteiger charge is -2.27. The first-order valence-electron chi connectivity index (χ1n) is 4.83. The van der Waals surface area contributed by atoms with E-state index in [1.165, 1.54) is 0 Å². The topological polar surface area (TPSA) is 41.1 Å². The average Bonchev–Trinajstić information content (AvgIpc) is 2.54. The molecule has 2 rings (SSSR count). The Bertz CT molecular complexity index is 293. The van der Waals surface area contributed by atoms with Crippen molar-refractivity contribution in [2.24, 2.45) is 5.92 Å². The van der Waals surface area contributed by atoms with Crippen LogP contribution in [0.25, 0.3) is 0 Å². The molecule has 0 saturated carbocycles. The van der Waals surface area contributed by atoms with Crippen LogP contribution in [0.1, 0.15) is 5.56 Å². The van der Waals surface area contributed by atoms with E-state index in [-0.39, 0.29) is 5.91 Å². The van der Waals surface area contributed by atoms with Crippen molar-refractivity contribution in [3.05, 3.63) is 22.4 Å². The van der Waals surface area contributed by atoms with Crippen LogP contribution in [0.2, 0.25) is 0 Å². The van der Waals surface area contributed by atoms with Crippen LogP contribution in [0, 0.1) is 5.92 Å². The lowest BCUT2D eigenvalue weighted by Crippen LogP contribution is -2.48. The first-order valence-corrected chi connectivity index (χ1v) is 5.77. The SMILES string of the molecule is O=C(Cc1ccsc1)NCC1CNC1. The highest BCUT2D eigenvalue weighted by molar-refractivity contribution is 7.07. The highest BCUT2D eigenvalue weighted by Gasteiger charge is 2.16. The minimum atomic E-state index is 0.135. The average molecular weight is 210 g/mol. The second-order valence-corrected chi connectivity index (χ2v) is 4.42. The van der Waals surface area contributed by atoms with Crippen molar-refractivity contribution in [1.29, 1.82) is 0 Å². The lowest BCUT2D eigenvalue weighted by atomic mass is 10.0. The summed E-state index contributed by atoms with van der Waals surface area (Å²) in [7, 11) is 0. The van der Waals surface area contributed by atoms with Crippen molar-refractivity contribution in [1.82, 2.24) is 10.6 Å². The third-order valence-electron chi connectivity index (χ3n) is 2.40. The summed E-state index contributed by atoms with van der Waals surface area (Å²) in [6.45, 7) is 2.90. The molecule has 0 aromatic carbocycles. The van der Waals surface area contributed by atoms with Crippen LogP contribution in [-0.4, -0.2) is 25.5 Å². The van der Waals surface area contributed by atoms with Crippen molar-refractivity contribution in [2.45, 2.75) is 6.42 Å². The molecule has 0 radical (unpaired) electrons. The third kappa shape index (κ3) is 2.56. The van der Waals surface area contributed by atoms with Gasteiger partial charge in [-0.2, -0.15) is 11.3 Å². The summed E-state index contributed by atoms with van der Waals surface area (Å²) < 4.78 is 0. The van der Waals surface area contributed by atoms with E-state index in [0.29, 0.717) is 12.3 Å². The van der Waals surface area contributed by atoms with Crippen LogP contribution >= 0.6 is 11.3 Å². The van der Waals surface area contributed by atoms with Crippen LogP contribution in [0.3, 0.4) is 0 Å². The van der Waals surface area contributed by atoms with Gasteiger partial charge in [-0.15, -0.1) is 0 Å². The van der Waals surface area contributed by atoms with E-state index in [9.17, 15) is 4.79 Å². The number of carbonyl (C=O) groups is 1. The molecular formula is C10H14N2OS. The molecule has 4 heteroatoms. The zero-order chi connectivity index (χ0) is 9.80. The number of carbonyl (C=O) groups excluding carboxylic acids is 1. The van der Waals surface area contributed by atoms with Crippen molar-refractivity contribution in [3.63, 3.8) is 0 Å². The summed E-state index contributed by atoms with van der Waals surface area (Å²) in [6.07, 6.45) is 0.518. The standard InChI is InChI=1S/C10H14N2OS/c13-10(3-8-1-2-14-7-8)12-6-9-4-11-5-9/h1-2,7,9,11H,3-6H2,(H,12,13). The van der Waals surface area contributed by atoms with Crippen LogP contribution in [-0.2, 0) is 11.2 Å². The molecule has 2 heterocycles. The van der Waals surface area contributed by atoms with E-state index in [0.717, 1.165) is 25.2 Å². The van der Waals surface area contributed by atoms with Gasteiger partial charge < -0.3 is 10.6 Å². The smallest absolute Gasteiger partial charge is 0.224 e. The molecule has 0 spiro atoms. The van der Waals surface area contributed by atoms with E-state index in [4.69, 9.17) is 0 Å². The van der Waals surface area contributed by atoms with Gasteiger partial charge in [0.2, 0.25) is 5.91 Å². The Hall–Kier alpha value is -0.870. The summed E-state index contributed by atoms with van der Waals surface area (Å²) in [4.78, 5) is 11.4. The summed E-state index contributed by atoms with van der Waals surface area (Å²) in [5, 5.41) is 10.1. The molecule has 1 saturated heterocycles. The second kappa shape index (κ2) is 4.57. The van der Waals surface area contributed by atoms with Crippen LogP contribution < -0.4 is 10.6 Å². The fraction of sp³-hybridized carbons (Fsp3) is 0.500. The van der Waals surface area contributed by atoms with Crippen molar-refractivity contribution >= 4 is 17.2 Å². The maximum Gasteiger partial charge on any atom is 0.224 e. The number of amides is 1. The van der Waals surface area contributed by atoms with E-state index in [1.807, 2.05) is 16.8 Å². The molecule has 0 bridgehead atoms. The summed E-state index contributed by atoms with van der Waals surface area (Å²) in [6, 6.07) is 2.00. The Morgan fingerprint density at radius 1 is 1.64 bits per heavy atom. The maximum absolute atomic E-state index is 11.4. The number of hydrogen-bond donors (Lipinski definition) is 2. The summed E-state index contributed by atoms with van der Waals surface area (Å²) in [5.74, 6) is 0.775. The summed E-state index contributed by atoms with van der Waals surface area (Å²) in [5.41, 5.74) is 1.11. The van der Waals surface area contributed by atoms with Gasteiger partial charge in [-0.25, -0.2) is 0 Å². The van der Waals surface area contributed by atoms with Gasteiger partial charge in [0, 0.05) is 25.6 Å². The number of hydrogen-bond acceptors (Lipinski definition) is 3. The maximum atomic E-state index is 11.4. The molecule has 2 N–H and O–H groups in total. The molecular weight excluding hydrogens is 196 g/mol. The van der Waals surface area contributed by atoms with Gasteiger partial charge in [0.05, 0.1) is 6.42 Å². The molecule has 1 aromatic heterocycles. The largest absolute Gasteiger partial charge is 0.355 e. The monoisotopic (exact) mass is 210 g/mol. The van der Waals surface area contributed by atoms with Crippen LogP contribution in [0.5, 0.6) is 0 Å². The molecule has 0 unspecified atom stereocenters. The van der Waals surface area contributed by atoms with Gasteiger partial charge in [0.1, 0.15) is 0 Å². The Balaban J connectivity index is 1.68. The quantitative estimate of drug-likeness (QED) is 0.765. The predicted molar refractivity (Wildman–Crippen MR) is 57.4 cm³/mol. The fourth-order valence-corrected chi connectivity index (χ4v) is 2.06.